The monoisotopic (exact) mass is 372 g/mol. The van der Waals surface area contributed by atoms with Crippen molar-refractivity contribution in [2.75, 3.05) is 6.54 Å². The average Bonchev–Trinajstić information content (AvgIpc) is 2.55. The van der Waals surface area contributed by atoms with Crippen LogP contribution in [0.3, 0.4) is 0 Å². The van der Waals surface area contributed by atoms with Gasteiger partial charge < -0.3 is 26.8 Å². The van der Waals surface area contributed by atoms with Crippen LogP contribution in [-0.4, -0.2) is 53.5 Å². The van der Waals surface area contributed by atoms with Crippen molar-refractivity contribution in [1.82, 2.24) is 16.0 Å². The predicted molar refractivity (Wildman–Crippen MR) is 97.1 cm³/mol. The van der Waals surface area contributed by atoms with Gasteiger partial charge in [0.05, 0.1) is 12.6 Å². The predicted octanol–water partition coefficient (Wildman–Crippen LogP) is -0.404. The van der Waals surface area contributed by atoms with Gasteiger partial charge in [-0.3, -0.25) is 14.4 Å². The average molecular weight is 372 g/mol. The van der Waals surface area contributed by atoms with E-state index in [0.29, 0.717) is 12.8 Å². The lowest BCUT2D eigenvalue weighted by Gasteiger charge is -2.21. The van der Waals surface area contributed by atoms with Gasteiger partial charge in [-0.15, -0.1) is 0 Å². The Kier molecular flexibility index (Phi) is 10.5. The molecule has 0 rings (SSSR count). The molecule has 0 aromatic heterocycles. The third-order valence-electron chi connectivity index (χ3n) is 4.03. The quantitative estimate of drug-likeness (QED) is 0.333. The van der Waals surface area contributed by atoms with E-state index in [1.54, 1.807) is 6.92 Å². The van der Waals surface area contributed by atoms with Gasteiger partial charge in [0.1, 0.15) is 12.1 Å². The Balaban J connectivity index is 4.44. The Morgan fingerprint density at radius 3 is 2.04 bits per heavy atom. The van der Waals surface area contributed by atoms with Crippen LogP contribution >= 0.6 is 0 Å². The second kappa shape index (κ2) is 11.5. The third-order valence-corrected chi connectivity index (χ3v) is 4.03. The van der Waals surface area contributed by atoms with Crippen LogP contribution in [0.25, 0.3) is 0 Å². The highest BCUT2D eigenvalue weighted by molar-refractivity contribution is 5.92. The first-order valence-electron chi connectivity index (χ1n) is 8.85. The van der Waals surface area contributed by atoms with Gasteiger partial charge in [0, 0.05) is 0 Å². The summed E-state index contributed by atoms with van der Waals surface area (Å²) in [6, 6.07) is -2.59. The number of rotatable bonds is 11. The second-order valence-electron chi connectivity index (χ2n) is 6.95. The van der Waals surface area contributed by atoms with Gasteiger partial charge in [0.25, 0.3) is 0 Å². The summed E-state index contributed by atoms with van der Waals surface area (Å²) in [5.74, 6) is -2.72. The highest BCUT2D eigenvalue weighted by Gasteiger charge is 2.26. The molecule has 3 amide bonds. The molecule has 0 spiro atoms. The van der Waals surface area contributed by atoms with Crippen LogP contribution in [0.1, 0.15) is 47.5 Å². The zero-order valence-corrected chi connectivity index (χ0v) is 16.2. The minimum atomic E-state index is -1.13. The van der Waals surface area contributed by atoms with E-state index in [1.165, 1.54) is 6.92 Å². The fraction of sp³-hybridized carbons (Fsp3) is 0.765. The van der Waals surface area contributed by atoms with E-state index in [-0.39, 0.29) is 18.4 Å². The highest BCUT2D eigenvalue weighted by atomic mass is 16.4. The fourth-order valence-electron chi connectivity index (χ4n) is 2.23. The van der Waals surface area contributed by atoms with Crippen molar-refractivity contribution in [3.63, 3.8) is 0 Å². The van der Waals surface area contributed by atoms with Crippen LogP contribution in [-0.2, 0) is 19.2 Å². The Bertz CT molecular complexity index is 509. The summed E-state index contributed by atoms with van der Waals surface area (Å²) >= 11 is 0. The number of carboxylic acid groups (broad SMARTS) is 1. The summed E-state index contributed by atoms with van der Waals surface area (Å²) in [4.78, 5) is 46.9. The summed E-state index contributed by atoms with van der Waals surface area (Å²) in [5.41, 5.74) is 5.75. The number of carbonyl (C=O) groups is 4. The molecule has 4 unspecified atom stereocenters. The van der Waals surface area contributed by atoms with E-state index in [2.05, 4.69) is 16.0 Å². The molecule has 150 valence electrons. The minimum Gasteiger partial charge on any atom is -0.480 e. The molecule has 0 saturated carbocycles. The molecule has 0 saturated heterocycles. The van der Waals surface area contributed by atoms with E-state index < -0.39 is 41.8 Å². The molecule has 0 aliphatic heterocycles. The standard InChI is InChI=1S/C17H32N4O5/c1-6-10(4)14(17(25)26)21-13(22)8-19-15(23)11(5)20-16(24)12(18)7-9(2)3/h9-12,14H,6-8,18H2,1-5H3,(H,19,23)(H,20,24)(H,21,22)(H,25,26). The third kappa shape index (κ3) is 8.80. The Morgan fingerprint density at radius 1 is 1.00 bits per heavy atom. The molecule has 6 N–H and O–H groups in total. The Hall–Kier alpha value is -2.16. The molecule has 9 nitrogen and oxygen atoms in total. The first kappa shape index (κ1) is 23.8. The largest absolute Gasteiger partial charge is 0.480 e. The first-order chi connectivity index (χ1) is 12.0. The molecule has 26 heavy (non-hydrogen) atoms. The van der Waals surface area contributed by atoms with Crippen molar-refractivity contribution in [1.29, 1.82) is 0 Å². The minimum absolute atomic E-state index is 0.243. The van der Waals surface area contributed by atoms with Crippen molar-refractivity contribution in [2.45, 2.75) is 65.6 Å². The topological polar surface area (TPSA) is 151 Å². The number of nitrogens with one attached hydrogen (secondary N) is 3. The van der Waals surface area contributed by atoms with E-state index >= 15 is 0 Å². The Labute approximate surface area is 154 Å². The van der Waals surface area contributed by atoms with Crippen LogP contribution in [0.15, 0.2) is 0 Å². The molecule has 0 aromatic carbocycles. The van der Waals surface area contributed by atoms with Gasteiger partial charge in [-0.2, -0.15) is 0 Å². The van der Waals surface area contributed by atoms with Crippen LogP contribution in [0.4, 0.5) is 0 Å². The van der Waals surface area contributed by atoms with E-state index in [0.717, 1.165) is 0 Å². The molecule has 0 bridgehead atoms. The Morgan fingerprint density at radius 2 is 1.58 bits per heavy atom. The summed E-state index contributed by atoms with van der Waals surface area (Å²) in [5, 5.41) is 16.4. The summed E-state index contributed by atoms with van der Waals surface area (Å²) < 4.78 is 0. The first-order valence-corrected chi connectivity index (χ1v) is 8.85. The zero-order valence-electron chi connectivity index (χ0n) is 16.2. The van der Waals surface area contributed by atoms with E-state index in [9.17, 15) is 19.2 Å². The lowest BCUT2D eigenvalue weighted by molar-refractivity contribution is -0.143. The van der Waals surface area contributed by atoms with Crippen LogP contribution < -0.4 is 21.7 Å². The van der Waals surface area contributed by atoms with Crippen molar-refractivity contribution in [3.05, 3.63) is 0 Å². The van der Waals surface area contributed by atoms with Gasteiger partial charge in [-0.1, -0.05) is 34.1 Å². The number of amides is 3. The van der Waals surface area contributed by atoms with Crippen LogP contribution in [0.2, 0.25) is 0 Å². The van der Waals surface area contributed by atoms with Gasteiger partial charge in [0.15, 0.2) is 0 Å². The zero-order chi connectivity index (χ0) is 20.4. The highest BCUT2D eigenvalue weighted by Crippen LogP contribution is 2.07. The molecule has 0 fully saturated rings. The molecule has 4 atom stereocenters. The lowest BCUT2D eigenvalue weighted by atomic mass is 9.99. The number of aliphatic carboxylic acids is 1. The van der Waals surface area contributed by atoms with Crippen LogP contribution in [0.5, 0.6) is 0 Å². The second-order valence-corrected chi connectivity index (χ2v) is 6.95. The maximum atomic E-state index is 12.0. The summed E-state index contributed by atoms with van der Waals surface area (Å²) in [6.07, 6.45) is 1.08. The molecular weight excluding hydrogens is 340 g/mol. The molecule has 0 aliphatic rings. The molecule has 0 heterocycles. The molecule has 9 heteroatoms. The van der Waals surface area contributed by atoms with Gasteiger partial charge in [0.2, 0.25) is 17.7 Å². The summed E-state index contributed by atoms with van der Waals surface area (Å²) in [6.45, 7) is 8.51. The molecule has 0 aromatic rings. The molecular formula is C17H32N4O5. The van der Waals surface area contributed by atoms with Crippen molar-refractivity contribution < 1.29 is 24.3 Å². The van der Waals surface area contributed by atoms with Crippen LogP contribution in [0, 0.1) is 11.8 Å². The van der Waals surface area contributed by atoms with Crippen molar-refractivity contribution >= 4 is 23.7 Å². The van der Waals surface area contributed by atoms with E-state index in [1.807, 2.05) is 20.8 Å². The number of carboxylic acids is 1. The van der Waals surface area contributed by atoms with Gasteiger partial charge in [-0.25, -0.2) is 4.79 Å². The summed E-state index contributed by atoms with van der Waals surface area (Å²) in [7, 11) is 0. The number of nitrogens with two attached hydrogens (primary N) is 1. The fourth-order valence-corrected chi connectivity index (χ4v) is 2.23. The maximum Gasteiger partial charge on any atom is 0.326 e. The van der Waals surface area contributed by atoms with Gasteiger partial charge in [-0.05, 0) is 25.2 Å². The maximum absolute atomic E-state index is 12.0. The molecule has 0 aliphatic carbocycles. The van der Waals surface area contributed by atoms with Crippen molar-refractivity contribution in [3.8, 4) is 0 Å². The molecule has 0 radical (unpaired) electrons. The SMILES string of the molecule is CCC(C)C(NC(=O)CNC(=O)C(C)NC(=O)C(N)CC(C)C)C(=O)O. The van der Waals surface area contributed by atoms with E-state index in [4.69, 9.17) is 10.8 Å². The number of hydrogen-bond donors (Lipinski definition) is 5. The van der Waals surface area contributed by atoms with Crippen molar-refractivity contribution in [2.24, 2.45) is 17.6 Å². The van der Waals surface area contributed by atoms with Gasteiger partial charge >= 0.3 is 5.97 Å². The lowest BCUT2D eigenvalue weighted by Crippen LogP contribution is -2.53. The smallest absolute Gasteiger partial charge is 0.326 e. The normalized spacial score (nSPS) is 15.5. The number of hydrogen-bond acceptors (Lipinski definition) is 5. The number of carbonyl (C=O) groups excluding carboxylic acids is 3.